The van der Waals surface area contributed by atoms with Crippen LogP contribution in [-0.4, -0.2) is 18.8 Å². The molecule has 3 N–H and O–H groups in total. The van der Waals surface area contributed by atoms with Crippen molar-refractivity contribution in [1.29, 1.82) is 0 Å². The van der Waals surface area contributed by atoms with Gasteiger partial charge in [0.2, 0.25) is 0 Å². The number of hydrogen-bond donors (Lipinski definition) is 2. The van der Waals surface area contributed by atoms with E-state index < -0.39 is 5.60 Å². The number of para-hydroxylation sites is 1. The molecular weight excluding hydrogens is 250 g/mol. The third-order valence-corrected chi connectivity index (χ3v) is 5.34. The van der Waals surface area contributed by atoms with Crippen molar-refractivity contribution in [1.82, 2.24) is 0 Å². The molecule has 0 heterocycles. The summed E-state index contributed by atoms with van der Waals surface area (Å²) in [6.45, 7) is 4.62. The minimum atomic E-state index is -0.960. The maximum absolute atomic E-state index is 11.3. The predicted molar refractivity (Wildman–Crippen MR) is 81.7 cm³/mol. The van der Waals surface area contributed by atoms with Gasteiger partial charge in [-0.2, -0.15) is 0 Å². The Kier molecular flexibility index (Phi) is 4.40. The summed E-state index contributed by atoms with van der Waals surface area (Å²) in [5.74, 6) is 1.41. The van der Waals surface area contributed by atoms with Crippen LogP contribution in [0.4, 0.5) is 0 Å². The van der Waals surface area contributed by atoms with Crippen LogP contribution in [0.25, 0.3) is 0 Å². The molecule has 0 spiro atoms. The third kappa shape index (κ3) is 2.33. The van der Waals surface area contributed by atoms with Crippen molar-refractivity contribution in [2.45, 2.75) is 45.1 Å². The van der Waals surface area contributed by atoms with E-state index in [1.807, 2.05) is 31.2 Å². The molecule has 0 amide bonds. The fourth-order valence-corrected chi connectivity index (χ4v) is 3.74. The predicted octanol–water partition coefficient (Wildman–Crippen LogP) is 3.06. The van der Waals surface area contributed by atoms with Crippen molar-refractivity contribution in [3.63, 3.8) is 0 Å². The molecular formula is C17H27NO2. The zero-order valence-corrected chi connectivity index (χ0v) is 12.9. The lowest BCUT2D eigenvalue weighted by molar-refractivity contribution is -0.0728. The molecule has 1 aromatic carbocycles. The van der Waals surface area contributed by atoms with E-state index in [9.17, 15) is 5.11 Å². The lowest BCUT2D eigenvalue weighted by Crippen LogP contribution is -2.47. The molecule has 1 fully saturated rings. The van der Waals surface area contributed by atoms with Gasteiger partial charge in [-0.15, -0.1) is 0 Å². The smallest absolute Gasteiger partial charge is 0.124 e. The first-order valence-corrected chi connectivity index (χ1v) is 7.56. The van der Waals surface area contributed by atoms with Gasteiger partial charge in [0.1, 0.15) is 5.75 Å². The Bertz CT molecular complexity index is 458. The third-order valence-electron chi connectivity index (χ3n) is 5.34. The summed E-state index contributed by atoms with van der Waals surface area (Å²) in [5.41, 5.74) is 5.74. The van der Waals surface area contributed by atoms with Crippen LogP contribution in [0.5, 0.6) is 5.75 Å². The minimum Gasteiger partial charge on any atom is -0.496 e. The van der Waals surface area contributed by atoms with Gasteiger partial charge in [-0.1, -0.05) is 31.5 Å². The zero-order valence-electron chi connectivity index (χ0n) is 12.9. The summed E-state index contributed by atoms with van der Waals surface area (Å²) in [6, 6.07) is 7.73. The van der Waals surface area contributed by atoms with Gasteiger partial charge >= 0.3 is 0 Å². The second-order valence-corrected chi connectivity index (χ2v) is 6.27. The molecule has 1 aromatic rings. The van der Waals surface area contributed by atoms with Gasteiger partial charge in [0, 0.05) is 17.5 Å². The fourth-order valence-electron chi connectivity index (χ4n) is 3.74. The maximum Gasteiger partial charge on any atom is 0.124 e. The fraction of sp³-hybridized carbons (Fsp3) is 0.647. The first-order valence-electron chi connectivity index (χ1n) is 7.56. The molecule has 1 aliphatic carbocycles. The Morgan fingerprint density at radius 3 is 2.70 bits per heavy atom. The summed E-state index contributed by atoms with van der Waals surface area (Å²) in [6.07, 6.45) is 4.28. The van der Waals surface area contributed by atoms with Crippen LogP contribution >= 0.6 is 0 Å². The average Bonchev–Trinajstić information content (AvgIpc) is 2.92. The summed E-state index contributed by atoms with van der Waals surface area (Å²) < 4.78 is 5.43. The van der Waals surface area contributed by atoms with Crippen LogP contribution in [0.1, 0.15) is 45.1 Å². The summed E-state index contributed by atoms with van der Waals surface area (Å²) in [7, 11) is 1.65. The van der Waals surface area contributed by atoms with Crippen LogP contribution in [0, 0.1) is 11.3 Å². The van der Waals surface area contributed by atoms with Crippen molar-refractivity contribution in [3.8, 4) is 5.75 Å². The Morgan fingerprint density at radius 2 is 2.15 bits per heavy atom. The Balaban J connectivity index is 2.42. The molecule has 0 radical (unpaired) electrons. The largest absolute Gasteiger partial charge is 0.496 e. The maximum atomic E-state index is 11.3. The van der Waals surface area contributed by atoms with Gasteiger partial charge in [-0.3, -0.25) is 0 Å². The molecule has 3 unspecified atom stereocenters. The molecule has 112 valence electrons. The van der Waals surface area contributed by atoms with Gasteiger partial charge < -0.3 is 15.6 Å². The molecule has 0 aromatic heterocycles. The highest BCUT2D eigenvalue weighted by molar-refractivity contribution is 5.39. The number of ether oxygens (including phenoxy) is 1. The van der Waals surface area contributed by atoms with E-state index in [0.29, 0.717) is 12.5 Å². The van der Waals surface area contributed by atoms with Crippen LogP contribution in [0.15, 0.2) is 24.3 Å². The molecule has 0 saturated heterocycles. The van der Waals surface area contributed by atoms with Gasteiger partial charge in [-0.25, -0.2) is 0 Å². The molecule has 1 saturated carbocycles. The lowest BCUT2D eigenvalue weighted by Gasteiger charge is -2.43. The molecule has 1 aliphatic rings. The second kappa shape index (κ2) is 5.74. The molecule has 3 atom stereocenters. The van der Waals surface area contributed by atoms with E-state index in [1.54, 1.807) is 7.11 Å². The van der Waals surface area contributed by atoms with E-state index in [0.717, 1.165) is 37.0 Å². The van der Waals surface area contributed by atoms with Crippen molar-refractivity contribution in [2.24, 2.45) is 17.1 Å². The second-order valence-electron chi connectivity index (χ2n) is 6.27. The van der Waals surface area contributed by atoms with E-state index in [2.05, 4.69) is 6.92 Å². The molecule has 2 rings (SSSR count). The highest BCUT2D eigenvalue weighted by Crippen LogP contribution is 2.54. The Labute approximate surface area is 122 Å². The van der Waals surface area contributed by atoms with Crippen molar-refractivity contribution in [3.05, 3.63) is 29.8 Å². The Hall–Kier alpha value is -1.06. The highest BCUT2D eigenvalue weighted by Gasteiger charge is 2.52. The van der Waals surface area contributed by atoms with Crippen molar-refractivity contribution >= 4 is 0 Å². The van der Waals surface area contributed by atoms with Crippen LogP contribution in [0.3, 0.4) is 0 Å². The minimum absolute atomic E-state index is 0.248. The number of aliphatic hydroxyl groups is 1. The van der Waals surface area contributed by atoms with Crippen LogP contribution < -0.4 is 10.5 Å². The average molecular weight is 277 g/mol. The topological polar surface area (TPSA) is 55.5 Å². The van der Waals surface area contributed by atoms with Crippen LogP contribution in [0.2, 0.25) is 0 Å². The van der Waals surface area contributed by atoms with Crippen LogP contribution in [-0.2, 0) is 5.60 Å². The quantitative estimate of drug-likeness (QED) is 0.869. The van der Waals surface area contributed by atoms with Crippen molar-refractivity contribution < 1.29 is 9.84 Å². The summed E-state index contributed by atoms with van der Waals surface area (Å²) >= 11 is 0. The van der Waals surface area contributed by atoms with E-state index in [-0.39, 0.29) is 5.41 Å². The van der Waals surface area contributed by atoms with Gasteiger partial charge in [0.15, 0.2) is 0 Å². The highest BCUT2D eigenvalue weighted by atomic mass is 16.5. The first-order chi connectivity index (χ1) is 9.50. The monoisotopic (exact) mass is 277 g/mol. The van der Waals surface area contributed by atoms with Gasteiger partial charge in [0.05, 0.1) is 12.7 Å². The number of benzene rings is 1. The van der Waals surface area contributed by atoms with E-state index in [4.69, 9.17) is 10.5 Å². The summed E-state index contributed by atoms with van der Waals surface area (Å²) in [5, 5.41) is 11.3. The number of nitrogens with two attached hydrogens (primary N) is 1. The SMILES string of the molecule is CCC1CCC(CN)(C(C)(O)c2ccccc2OC)C1. The first kappa shape index (κ1) is 15.3. The van der Waals surface area contributed by atoms with Crippen molar-refractivity contribution in [2.75, 3.05) is 13.7 Å². The molecule has 3 heteroatoms. The lowest BCUT2D eigenvalue weighted by atomic mass is 9.67. The molecule has 0 bridgehead atoms. The van der Waals surface area contributed by atoms with E-state index >= 15 is 0 Å². The summed E-state index contributed by atoms with van der Waals surface area (Å²) in [4.78, 5) is 0. The molecule has 0 aliphatic heterocycles. The number of methoxy groups -OCH3 is 1. The number of hydrogen-bond acceptors (Lipinski definition) is 3. The van der Waals surface area contributed by atoms with Gasteiger partial charge in [0.25, 0.3) is 0 Å². The standard InChI is InChI=1S/C17H27NO2/c1-4-13-9-10-17(11-13,12-18)16(2,19)14-7-5-6-8-15(14)20-3/h5-8,13,19H,4,9-12,18H2,1-3H3. The van der Waals surface area contributed by atoms with E-state index in [1.165, 1.54) is 0 Å². The molecule has 20 heavy (non-hydrogen) atoms. The zero-order chi connectivity index (χ0) is 14.8. The normalized spacial score (nSPS) is 29.1. The molecule has 3 nitrogen and oxygen atoms in total. The van der Waals surface area contributed by atoms with Gasteiger partial charge in [-0.05, 0) is 38.2 Å². The Morgan fingerprint density at radius 1 is 1.45 bits per heavy atom. The number of rotatable bonds is 5.